The van der Waals surface area contributed by atoms with E-state index in [0.717, 1.165) is 22.5 Å². The first kappa shape index (κ1) is 15.5. The molecule has 0 radical (unpaired) electrons. The second kappa shape index (κ2) is 6.72. The summed E-state index contributed by atoms with van der Waals surface area (Å²) < 4.78 is 6.95. The van der Waals surface area contributed by atoms with Gasteiger partial charge in [-0.2, -0.15) is 10.4 Å². The van der Waals surface area contributed by atoms with E-state index in [4.69, 9.17) is 10.00 Å². The fourth-order valence-corrected chi connectivity index (χ4v) is 2.12. The summed E-state index contributed by atoms with van der Waals surface area (Å²) in [5, 5.41) is 13.1. The summed E-state index contributed by atoms with van der Waals surface area (Å²) in [7, 11) is 1.86. The van der Waals surface area contributed by atoms with Gasteiger partial charge in [-0.05, 0) is 37.6 Å². The van der Waals surface area contributed by atoms with Gasteiger partial charge in [-0.3, -0.25) is 4.68 Å². The summed E-state index contributed by atoms with van der Waals surface area (Å²) >= 11 is 0. The molecule has 1 heterocycles. The minimum Gasteiger partial charge on any atom is -0.458 e. The third kappa shape index (κ3) is 3.61. The highest BCUT2D eigenvalue weighted by Crippen LogP contribution is 2.14. The van der Waals surface area contributed by atoms with Crippen LogP contribution in [0.15, 0.2) is 30.3 Å². The van der Waals surface area contributed by atoms with Gasteiger partial charge in [0.25, 0.3) is 0 Å². The molecule has 0 saturated heterocycles. The highest BCUT2D eigenvalue weighted by atomic mass is 16.5. The van der Waals surface area contributed by atoms with Crippen molar-refractivity contribution in [3.05, 3.63) is 58.4 Å². The number of hydrogen-bond donors (Lipinski definition) is 0. The third-order valence-electron chi connectivity index (χ3n) is 3.39. The van der Waals surface area contributed by atoms with Crippen LogP contribution in [-0.2, 0) is 23.2 Å². The summed E-state index contributed by atoms with van der Waals surface area (Å²) in [6.45, 7) is 3.98. The molecule has 0 unspecified atom stereocenters. The van der Waals surface area contributed by atoms with E-state index >= 15 is 0 Å². The van der Waals surface area contributed by atoms with Crippen LogP contribution in [0.3, 0.4) is 0 Å². The Hall–Kier alpha value is -2.87. The van der Waals surface area contributed by atoms with Crippen LogP contribution in [0.1, 0.15) is 28.1 Å². The molecule has 0 bridgehead atoms. The Balaban J connectivity index is 1.98. The molecule has 0 amide bonds. The highest BCUT2D eigenvalue weighted by Gasteiger charge is 2.07. The summed E-state index contributed by atoms with van der Waals surface area (Å²) in [5.41, 5.74) is 4.11. The molecule has 0 aliphatic heterocycles. The molecule has 0 aliphatic carbocycles. The highest BCUT2D eigenvalue weighted by molar-refractivity contribution is 5.87. The molecule has 5 heteroatoms. The van der Waals surface area contributed by atoms with Gasteiger partial charge in [0.05, 0.1) is 17.3 Å². The first-order valence-corrected chi connectivity index (χ1v) is 6.85. The quantitative estimate of drug-likeness (QED) is 0.642. The molecule has 2 aromatic rings. The maximum Gasteiger partial charge on any atom is 0.331 e. The van der Waals surface area contributed by atoms with Crippen molar-refractivity contribution in [2.45, 2.75) is 20.5 Å². The van der Waals surface area contributed by atoms with Gasteiger partial charge in [-0.1, -0.05) is 12.1 Å². The number of rotatable bonds is 4. The summed E-state index contributed by atoms with van der Waals surface area (Å²) in [5.74, 6) is -0.426. The van der Waals surface area contributed by atoms with Crippen LogP contribution in [0, 0.1) is 25.2 Å². The van der Waals surface area contributed by atoms with Crippen molar-refractivity contribution >= 4 is 12.0 Å². The number of esters is 1. The number of aromatic nitrogens is 2. The molecule has 0 spiro atoms. The van der Waals surface area contributed by atoms with Crippen molar-refractivity contribution in [2.75, 3.05) is 0 Å². The lowest BCUT2D eigenvalue weighted by Crippen LogP contribution is -2.01. The number of ether oxygens (including phenoxy) is 1. The predicted octanol–water partition coefficient (Wildman–Crippen LogP) is 2.67. The lowest BCUT2D eigenvalue weighted by atomic mass is 10.1. The van der Waals surface area contributed by atoms with Gasteiger partial charge < -0.3 is 4.74 Å². The normalized spacial score (nSPS) is 10.6. The number of aryl methyl sites for hydroxylation is 2. The Morgan fingerprint density at radius 3 is 2.86 bits per heavy atom. The van der Waals surface area contributed by atoms with Crippen LogP contribution in [0.4, 0.5) is 0 Å². The molecule has 112 valence electrons. The van der Waals surface area contributed by atoms with Crippen LogP contribution in [0.5, 0.6) is 0 Å². The van der Waals surface area contributed by atoms with Gasteiger partial charge in [-0.25, -0.2) is 4.79 Å². The number of nitrogens with zero attached hydrogens (tertiary/aromatic N) is 3. The Labute approximate surface area is 129 Å². The van der Waals surface area contributed by atoms with E-state index in [1.54, 1.807) is 29.0 Å². The Morgan fingerprint density at radius 2 is 2.23 bits per heavy atom. The lowest BCUT2D eigenvalue weighted by Gasteiger charge is -2.02. The Morgan fingerprint density at radius 1 is 1.45 bits per heavy atom. The second-order valence-electron chi connectivity index (χ2n) is 4.96. The topological polar surface area (TPSA) is 67.9 Å². The van der Waals surface area contributed by atoms with Crippen LogP contribution in [0.2, 0.25) is 0 Å². The smallest absolute Gasteiger partial charge is 0.331 e. The number of carbonyl (C=O) groups is 1. The van der Waals surface area contributed by atoms with E-state index in [9.17, 15) is 4.79 Å². The monoisotopic (exact) mass is 295 g/mol. The maximum absolute atomic E-state index is 11.8. The zero-order chi connectivity index (χ0) is 16.1. The number of carbonyl (C=O) groups excluding carboxylic acids is 1. The standard InChI is InChI=1S/C17H17N3O2/c1-12-16(13(2)20(3)19-12)7-8-17(21)22-11-15-6-4-5-14(9-15)10-18/h4-9H,11H2,1-3H3/b8-7+. The molecule has 0 atom stereocenters. The largest absolute Gasteiger partial charge is 0.458 e. The molecule has 1 aromatic carbocycles. The molecular formula is C17H17N3O2. The minimum atomic E-state index is -0.426. The molecular weight excluding hydrogens is 278 g/mol. The van der Waals surface area contributed by atoms with Crippen LogP contribution in [0.25, 0.3) is 6.08 Å². The van der Waals surface area contributed by atoms with Gasteiger partial charge in [-0.15, -0.1) is 0 Å². The second-order valence-corrected chi connectivity index (χ2v) is 4.96. The number of nitriles is 1. The fourth-order valence-electron chi connectivity index (χ4n) is 2.12. The molecule has 22 heavy (non-hydrogen) atoms. The van der Waals surface area contributed by atoms with Crippen molar-refractivity contribution in [1.82, 2.24) is 9.78 Å². The molecule has 2 rings (SSSR count). The van der Waals surface area contributed by atoms with Crippen LogP contribution in [-0.4, -0.2) is 15.7 Å². The van der Waals surface area contributed by atoms with Crippen LogP contribution >= 0.6 is 0 Å². The van der Waals surface area contributed by atoms with Crippen LogP contribution < -0.4 is 0 Å². The van der Waals surface area contributed by atoms with E-state index in [1.165, 1.54) is 6.08 Å². The Bertz CT molecular complexity index is 767. The molecule has 1 aromatic heterocycles. The minimum absolute atomic E-state index is 0.143. The Kier molecular flexibility index (Phi) is 4.74. The van der Waals surface area contributed by atoms with Gasteiger partial charge in [0.15, 0.2) is 0 Å². The average Bonchev–Trinajstić information content (AvgIpc) is 2.76. The molecule has 0 N–H and O–H groups in total. The van der Waals surface area contributed by atoms with Crippen molar-refractivity contribution in [1.29, 1.82) is 5.26 Å². The van der Waals surface area contributed by atoms with E-state index in [2.05, 4.69) is 11.2 Å². The van der Waals surface area contributed by atoms with Crippen molar-refractivity contribution < 1.29 is 9.53 Å². The van der Waals surface area contributed by atoms with Crippen molar-refractivity contribution in [3.8, 4) is 6.07 Å². The maximum atomic E-state index is 11.8. The lowest BCUT2D eigenvalue weighted by molar-refractivity contribution is -0.138. The zero-order valence-corrected chi connectivity index (χ0v) is 12.8. The number of hydrogen-bond acceptors (Lipinski definition) is 4. The summed E-state index contributed by atoms with van der Waals surface area (Å²) in [6.07, 6.45) is 3.11. The van der Waals surface area contributed by atoms with E-state index < -0.39 is 5.97 Å². The fraction of sp³-hybridized carbons (Fsp3) is 0.235. The SMILES string of the molecule is Cc1nn(C)c(C)c1/C=C/C(=O)OCc1cccc(C#N)c1. The van der Waals surface area contributed by atoms with Gasteiger partial charge in [0.2, 0.25) is 0 Å². The zero-order valence-electron chi connectivity index (χ0n) is 12.8. The van der Waals surface area contributed by atoms with Crippen molar-refractivity contribution in [2.24, 2.45) is 7.05 Å². The number of benzene rings is 1. The van der Waals surface area contributed by atoms with E-state index in [-0.39, 0.29) is 6.61 Å². The van der Waals surface area contributed by atoms with Crippen molar-refractivity contribution in [3.63, 3.8) is 0 Å². The van der Waals surface area contributed by atoms with Gasteiger partial charge >= 0.3 is 5.97 Å². The molecule has 0 aliphatic rings. The predicted molar refractivity (Wildman–Crippen MR) is 82.7 cm³/mol. The summed E-state index contributed by atoms with van der Waals surface area (Å²) in [4.78, 5) is 11.8. The third-order valence-corrected chi connectivity index (χ3v) is 3.39. The van der Waals surface area contributed by atoms with E-state index in [0.29, 0.717) is 5.56 Å². The van der Waals surface area contributed by atoms with E-state index in [1.807, 2.05) is 27.0 Å². The molecule has 5 nitrogen and oxygen atoms in total. The van der Waals surface area contributed by atoms with Gasteiger partial charge in [0.1, 0.15) is 6.61 Å². The molecule has 0 fully saturated rings. The first-order chi connectivity index (χ1) is 10.5. The average molecular weight is 295 g/mol. The summed E-state index contributed by atoms with van der Waals surface area (Å²) in [6, 6.07) is 9.04. The molecule has 0 saturated carbocycles. The van der Waals surface area contributed by atoms with Gasteiger partial charge in [0, 0.05) is 24.4 Å². The first-order valence-electron chi connectivity index (χ1n) is 6.85.